The van der Waals surface area contributed by atoms with Crippen molar-refractivity contribution in [3.63, 3.8) is 0 Å². The molecule has 2 nitrogen and oxygen atoms in total. The number of ether oxygens (including phenoxy) is 1. The van der Waals surface area contributed by atoms with Gasteiger partial charge in [0.05, 0.1) is 6.61 Å². The van der Waals surface area contributed by atoms with Crippen LogP contribution in [0, 0.1) is 0 Å². The molecule has 0 rings (SSSR count). The van der Waals surface area contributed by atoms with Crippen molar-refractivity contribution in [1.29, 1.82) is 0 Å². The van der Waals surface area contributed by atoms with E-state index in [1.165, 1.54) is 0 Å². The van der Waals surface area contributed by atoms with E-state index in [4.69, 9.17) is 22.1 Å². The molecule has 72 valence electrons. The van der Waals surface area contributed by atoms with Crippen LogP contribution in [0.5, 0.6) is 0 Å². The third kappa shape index (κ3) is 7.95. The molecule has 0 amide bonds. The Morgan fingerprint density at radius 3 is 2.50 bits per heavy atom. The van der Waals surface area contributed by atoms with Crippen molar-refractivity contribution in [2.75, 3.05) is 13.2 Å². The lowest BCUT2D eigenvalue weighted by Gasteiger charge is -2.04. The first-order chi connectivity index (χ1) is 5.81. The fraction of sp³-hybridized carbons (Fsp3) is 0.889. The van der Waals surface area contributed by atoms with Crippen molar-refractivity contribution in [2.45, 2.75) is 39.0 Å². The maximum absolute atomic E-state index is 8.50. The van der Waals surface area contributed by atoms with Gasteiger partial charge in [0.25, 0.3) is 0 Å². The second-order valence-electron chi connectivity index (χ2n) is 2.71. The summed E-state index contributed by atoms with van der Waals surface area (Å²) in [4.78, 5) is 0. The lowest BCUT2D eigenvalue weighted by Crippen LogP contribution is -2.01. The van der Waals surface area contributed by atoms with Gasteiger partial charge in [-0.2, -0.15) is 0 Å². The molecule has 0 saturated carbocycles. The standard InChI is InChI=1S/C9H18O2S/c1-2-9(12)11-8-6-4-3-5-7-10/h10H,2-8H2,1H3. The van der Waals surface area contributed by atoms with Crippen LogP contribution < -0.4 is 0 Å². The lowest BCUT2D eigenvalue weighted by molar-refractivity contribution is 0.270. The Labute approximate surface area is 79.9 Å². The number of unbranched alkanes of at least 4 members (excludes halogenated alkanes) is 3. The van der Waals surface area contributed by atoms with Crippen molar-refractivity contribution >= 4 is 17.3 Å². The van der Waals surface area contributed by atoms with Crippen LogP contribution >= 0.6 is 12.2 Å². The molecule has 3 heteroatoms. The highest BCUT2D eigenvalue weighted by Crippen LogP contribution is 2.00. The van der Waals surface area contributed by atoms with E-state index in [0.29, 0.717) is 11.7 Å². The summed E-state index contributed by atoms with van der Waals surface area (Å²) in [5, 5.41) is 9.20. The van der Waals surface area contributed by atoms with Crippen LogP contribution in [-0.4, -0.2) is 23.4 Å². The van der Waals surface area contributed by atoms with Gasteiger partial charge in [-0.05, 0) is 31.5 Å². The largest absolute Gasteiger partial charge is 0.487 e. The molecule has 0 aromatic heterocycles. The Morgan fingerprint density at radius 1 is 1.25 bits per heavy atom. The molecule has 0 fully saturated rings. The fourth-order valence-corrected chi connectivity index (χ4v) is 0.939. The molecule has 0 spiro atoms. The normalized spacial score (nSPS) is 9.83. The number of aliphatic hydroxyl groups is 1. The van der Waals surface area contributed by atoms with Crippen molar-refractivity contribution in [3.8, 4) is 0 Å². The summed E-state index contributed by atoms with van der Waals surface area (Å²) in [6.07, 6.45) is 4.97. The molecule has 0 atom stereocenters. The summed E-state index contributed by atoms with van der Waals surface area (Å²) in [5.41, 5.74) is 0. The summed E-state index contributed by atoms with van der Waals surface area (Å²) in [6, 6.07) is 0. The van der Waals surface area contributed by atoms with E-state index in [2.05, 4.69) is 0 Å². The van der Waals surface area contributed by atoms with E-state index in [9.17, 15) is 0 Å². The van der Waals surface area contributed by atoms with E-state index >= 15 is 0 Å². The van der Waals surface area contributed by atoms with Crippen LogP contribution in [0.3, 0.4) is 0 Å². The van der Waals surface area contributed by atoms with Crippen molar-refractivity contribution < 1.29 is 9.84 Å². The van der Waals surface area contributed by atoms with Crippen LogP contribution in [0.4, 0.5) is 0 Å². The minimum atomic E-state index is 0.300. The van der Waals surface area contributed by atoms with Crippen molar-refractivity contribution in [2.24, 2.45) is 0 Å². The van der Waals surface area contributed by atoms with Gasteiger partial charge in [-0.1, -0.05) is 13.3 Å². The molecule has 0 aliphatic heterocycles. The van der Waals surface area contributed by atoms with Gasteiger partial charge in [0.15, 0.2) is 5.05 Å². The average molecular weight is 190 g/mol. The van der Waals surface area contributed by atoms with Crippen molar-refractivity contribution in [3.05, 3.63) is 0 Å². The second-order valence-corrected chi connectivity index (χ2v) is 3.17. The predicted molar refractivity (Wildman–Crippen MR) is 54.4 cm³/mol. The van der Waals surface area contributed by atoms with Gasteiger partial charge in [-0.25, -0.2) is 0 Å². The molecule has 0 aromatic rings. The zero-order valence-corrected chi connectivity index (χ0v) is 8.53. The number of hydrogen-bond acceptors (Lipinski definition) is 3. The molecule has 1 N–H and O–H groups in total. The summed E-state index contributed by atoms with van der Waals surface area (Å²) >= 11 is 4.89. The molecule has 12 heavy (non-hydrogen) atoms. The first-order valence-corrected chi connectivity index (χ1v) is 4.98. The van der Waals surface area contributed by atoms with Gasteiger partial charge in [0, 0.05) is 13.0 Å². The van der Waals surface area contributed by atoms with Crippen LogP contribution in [-0.2, 0) is 4.74 Å². The average Bonchev–Trinajstić information content (AvgIpc) is 2.10. The first kappa shape index (κ1) is 11.8. The lowest BCUT2D eigenvalue weighted by atomic mass is 10.2. The molecule has 0 bridgehead atoms. The molecule has 0 aliphatic rings. The highest BCUT2D eigenvalue weighted by Gasteiger charge is 1.93. The monoisotopic (exact) mass is 190 g/mol. The Balaban J connectivity index is 2.95. The summed E-state index contributed by atoms with van der Waals surface area (Å²) in [7, 11) is 0. The SMILES string of the molecule is CCC(=S)OCCCCCCO. The Morgan fingerprint density at radius 2 is 1.92 bits per heavy atom. The van der Waals surface area contributed by atoms with Crippen molar-refractivity contribution in [1.82, 2.24) is 0 Å². The van der Waals surface area contributed by atoms with E-state index in [-0.39, 0.29) is 0 Å². The summed E-state index contributed by atoms with van der Waals surface area (Å²) in [6.45, 7) is 3.03. The molecule has 0 saturated heterocycles. The minimum Gasteiger partial charge on any atom is -0.487 e. The first-order valence-electron chi connectivity index (χ1n) is 4.57. The van der Waals surface area contributed by atoms with Gasteiger partial charge in [-0.3, -0.25) is 0 Å². The molecular weight excluding hydrogens is 172 g/mol. The summed E-state index contributed by atoms with van der Waals surface area (Å²) in [5.74, 6) is 0. The number of aliphatic hydroxyl groups excluding tert-OH is 1. The zero-order chi connectivity index (χ0) is 9.23. The van der Waals surface area contributed by atoms with E-state index in [1.807, 2.05) is 6.92 Å². The van der Waals surface area contributed by atoms with Gasteiger partial charge >= 0.3 is 0 Å². The summed E-state index contributed by atoms with van der Waals surface area (Å²) < 4.78 is 5.24. The molecule has 0 heterocycles. The number of hydrogen-bond donors (Lipinski definition) is 1. The van der Waals surface area contributed by atoms with Gasteiger partial charge < -0.3 is 9.84 Å². The molecule has 0 unspecified atom stereocenters. The van der Waals surface area contributed by atoms with E-state index in [1.54, 1.807) is 0 Å². The Hall–Kier alpha value is -0.150. The maximum atomic E-state index is 8.50. The minimum absolute atomic E-state index is 0.300. The fourth-order valence-electron chi connectivity index (χ4n) is 0.855. The van der Waals surface area contributed by atoms with Gasteiger partial charge in [-0.15, -0.1) is 0 Å². The molecule has 0 aliphatic carbocycles. The third-order valence-electron chi connectivity index (χ3n) is 1.60. The van der Waals surface area contributed by atoms with Crippen LogP contribution in [0.2, 0.25) is 0 Å². The highest BCUT2D eigenvalue weighted by atomic mass is 32.1. The maximum Gasteiger partial charge on any atom is 0.159 e. The molecule has 0 aromatic carbocycles. The van der Waals surface area contributed by atoms with Gasteiger partial charge in [0.1, 0.15) is 0 Å². The zero-order valence-electron chi connectivity index (χ0n) is 7.71. The molecule has 0 radical (unpaired) electrons. The highest BCUT2D eigenvalue weighted by molar-refractivity contribution is 7.80. The van der Waals surface area contributed by atoms with E-state index in [0.717, 1.165) is 38.7 Å². The number of thiocarbonyl (C=S) groups is 1. The van der Waals surface area contributed by atoms with Gasteiger partial charge in [0.2, 0.25) is 0 Å². The number of rotatable bonds is 7. The van der Waals surface area contributed by atoms with Crippen LogP contribution in [0.1, 0.15) is 39.0 Å². The van der Waals surface area contributed by atoms with Crippen LogP contribution in [0.15, 0.2) is 0 Å². The third-order valence-corrected chi connectivity index (χ3v) is 2.01. The smallest absolute Gasteiger partial charge is 0.159 e. The van der Waals surface area contributed by atoms with E-state index < -0.39 is 0 Å². The molecular formula is C9H18O2S. The Bertz CT molecular complexity index is 115. The topological polar surface area (TPSA) is 29.5 Å². The second kappa shape index (κ2) is 8.94. The predicted octanol–water partition coefficient (Wildman–Crippen LogP) is 2.29. The quantitative estimate of drug-likeness (QED) is 0.493. The van der Waals surface area contributed by atoms with Crippen LogP contribution in [0.25, 0.3) is 0 Å². The Kier molecular flexibility index (Phi) is 8.83.